The third-order valence-electron chi connectivity index (χ3n) is 4.13. The van der Waals surface area contributed by atoms with Gasteiger partial charge >= 0.3 is 5.97 Å². The zero-order valence-corrected chi connectivity index (χ0v) is 14.5. The van der Waals surface area contributed by atoms with Crippen molar-refractivity contribution in [2.75, 3.05) is 0 Å². The van der Waals surface area contributed by atoms with E-state index < -0.39 is 12.1 Å². The van der Waals surface area contributed by atoms with Crippen molar-refractivity contribution in [2.45, 2.75) is 20.0 Å². The summed E-state index contributed by atoms with van der Waals surface area (Å²) in [5.41, 5.74) is 3.25. The molecule has 0 saturated carbocycles. The van der Waals surface area contributed by atoms with Gasteiger partial charge in [0.05, 0.1) is 6.20 Å². The van der Waals surface area contributed by atoms with Crippen LogP contribution < -0.4 is 0 Å². The van der Waals surface area contributed by atoms with Crippen LogP contribution in [0.3, 0.4) is 0 Å². The smallest absolute Gasteiger partial charge is 0.359 e. The highest BCUT2D eigenvalue weighted by atomic mass is 16.5. The quantitative estimate of drug-likeness (QED) is 0.518. The lowest BCUT2D eigenvalue weighted by Gasteiger charge is -2.17. The number of carbonyl (C=O) groups is 2. The van der Waals surface area contributed by atoms with Gasteiger partial charge in [-0.25, -0.2) is 9.78 Å². The molecule has 0 amide bonds. The zero-order valence-electron chi connectivity index (χ0n) is 14.5. The number of esters is 1. The van der Waals surface area contributed by atoms with Gasteiger partial charge in [0.1, 0.15) is 0 Å². The minimum absolute atomic E-state index is 0.0568. The summed E-state index contributed by atoms with van der Waals surface area (Å²) < 4.78 is 5.52. The lowest BCUT2D eigenvalue weighted by atomic mass is 9.97. The molecule has 0 radical (unpaired) electrons. The molecule has 3 aromatic rings. The van der Waals surface area contributed by atoms with Crippen LogP contribution in [0.2, 0.25) is 0 Å². The molecule has 1 aromatic heterocycles. The summed E-state index contributed by atoms with van der Waals surface area (Å²) in [6.07, 6.45) is 3.13. The van der Waals surface area contributed by atoms with Crippen molar-refractivity contribution in [2.24, 2.45) is 0 Å². The maximum Gasteiger partial charge on any atom is 0.359 e. The minimum atomic E-state index is -1.05. The summed E-state index contributed by atoms with van der Waals surface area (Å²) in [6, 6.07) is 14.4. The number of hydrogen-bond acceptors (Lipinski definition) is 5. The van der Waals surface area contributed by atoms with Crippen molar-refractivity contribution in [3.05, 3.63) is 95.1 Å². The molecule has 0 spiro atoms. The average Bonchev–Trinajstić information content (AvgIpc) is 2.69. The van der Waals surface area contributed by atoms with E-state index in [0.717, 1.165) is 11.1 Å². The van der Waals surface area contributed by atoms with Gasteiger partial charge in [-0.3, -0.25) is 9.78 Å². The molecule has 5 heteroatoms. The second-order valence-electron chi connectivity index (χ2n) is 5.95. The second kappa shape index (κ2) is 7.70. The topological polar surface area (TPSA) is 69.2 Å². The van der Waals surface area contributed by atoms with Gasteiger partial charge in [0.15, 0.2) is 11.8 Å². The number of hydrogen-bond donors (Lipinski definition) is 0. The molecule has 2 aromatic carbocycles. The summed E-state index contributed by atoms with van der Waals surface area (Å²) >= 11 is 0. The normalized spacial score (nSPS) is 11.6. The van der Waals surface area contributed by atoms with E-state index in [-0.39, 0.29) is 11.5 Å². The van der Waals surface area contributed by atoms with Crippen LogP contribution in [0.5, 0.6) is 0 Å². The van der Waals surface area contributed by atoms with E-state index in [1.54, 1.807) is 30.3 Å². The van der Waals surface area contributed by atoms with Crippen LogP contribution in [0, 0.1) is 13.8 Å². The largest absolute Gasteiger partial charge is 0.444 e. The fourth-order valence-electron chi connectivity index (χ4n) is 2.52. The summed E-state index contributed by atoms with van der Waals surface area (Å²) in [4.78, 5) is 33.3. The number of benzene rings is 2. The first kappa shape index (κ1) is 17.5. The van der Waals surface area contributed by atoms with Crippen LogP contribution in [0.25, 0.3) is 0 Å². The second-order valence-corrected chi connectivity index (χ2v) is 5.95. The Kier molecular flexibility index (Phi) is 5.17. The Labute approximate surface area is 151 Å². The summed E-state index contributed by atoms with van der Waals surface area (Å²) in [6.45, 7) is 3.92. The first-order valence-electron chi connectivity index (χ1n) is 8.19. The van der Waals surface area contributed by atoms with Crippen molar-refractivity contribution in [3.63, 3.8) is 0 Å². The van der Waals surface area contributed by atoms with Gasteiger partial charge in [-0.1, -0.05) is 42.5 Å². The molecular weight excluding hydrogens is 328 g/mol. The number of aryl methyl sites for hydroxylation is 2. The van der Waals surface area contributed by atoms with Crippen LogP contribution in [0.1, 0.15) is 43.6 Å². The highest BCUT2D eigenvalue weighted by molar-refractivity contribution is 6.02. The van der Waals surface area contributed by atoms with Gasteiger partial charge < -0.3 is 4.74 Å². The van der Waals surface area contributed by atoms with Gasteiger partial charge in [0, 0.05) is 23.5 Å². The van der Waals surface area contributed by atoms with E-state index in [1.807, 2.05) is 32.0 Å². The highest BCUT2D eigenvalue weighted by Gasteiger charge is 2.27. The number of nitrogens with zero attached hydrogens (tertiary/aromatic N) is 2. The lowest BCUT2D eigenvalue weighted by molar-refractivity contribution is 0.0274. The Hall–Kier alpha value is -3.34. The standard InChI is InChI=1S/C21H18N2O3/c1-14-8-9-17(12-15(14)2)19(24)20(16-6-4-3-5-7-16)26-21(25)18-13-22-10-11-23-18/h3-13,20H,1-2H3/t20-/m0/s1. The van der Waals surface area contributed by atoms with Gasteiger partial charge in [-0.05, 0) is 31.0 Å². The number of Topliss-reactive ketones (excluding diaryl/α,β-unsaturated/α-hetero) is 1. The molecule has 0 saturated heterocycles. The van der Waals surface area contributed by atoms with Crippen molar-refractivity contribution < 1.29 is 14.3 Å². The van der Waals surface area contributed by atoms with Crippen LogP contribution in [-0.4, -0.2) is 21.7 Å². The van der Waals surface area contributed by atoms with Gasteiger partial charge in [0.2, 0.25) is 5.78 Å². The molecule has 130 valence electrons. The molecular formula is C21H18N2O3. The molecule has 1 heterocycles. The summed E-state index contributed by atoms with van der Waals surface area (Å²) in [5.74, 6) is -0.972. The third kappa shape index (κ3) is 3.83. The Bertz CT molecular complexity index is 925. The van der Waals surface area contributed by atoms with Gasteiger partial charge in [-0.15, -0.1) is 0 Å². The highest BCUT2D eigenvalue weighted by Crippen LogP contribution is 2.24. The fraction of sp³-hybridized carbons (Fsp3) is 0.143. The van der Waals surface area contributed by atoms with E-state index in [0.29, 0.717) is 11.1 Å². The van der Waals surface area contributed by atoms with E-state index in [1.165, 1.54) is 18.6 Å². The number of carbonyl (C=O) groups excluding carboxylic acids is 2. The number of ether oxygens (including phenoxy) is 1. The molecule has 5 nitrogen and oxygen atoms in total. The van der Waals surface area contributed by atoms with Crippen molar-refractivity contribution in [3.8, 4) is 0 Å². The third-order valence-corrected chi connectivity index (χ3v) is 4.13. The Morgan fingerprint density at radius 1 is 0.962 bits per heavy atom. The van der Waals surface area contributed by atoms with E-state index in [4.69, 9.17) is 4.74 Å². The van der Waals surface area contributed by atoms with Crippen molar-refractivity contribution in [1.29, 1.82) is 0 Å². The van der Waals surface area contributed by atoms with Crippen LogP contribution in [0.15, 0.2) is 67.1 Å². The van der Waals surface area contributed by atoms with Crippen LogP contribution >= 0.6 is 0 Å². The summed E-state index contributed by atoms with van der Waals surface area (Å²) in [7, 11) is 0. The van der Waals surface area contributed by atoms with Gasteiger partial charge in [0.25, 0.3) is 0 Å². The Morgan fingerprint density at radius 3 is 2.38 bits per heavy atom. The first-order valence-corrected chi connectivity index (χ1v) is 8.19. The molecule has 0 fully saturated rings. The molecule has 0 aliphatic carbocycles. The van der Waals surface area contributed by atoms with E-state index in [9.17, 15) is 9.59 Å². The average molecular weight is 346 g/mol. The molecule has 3 rings (SSSR count). The zero-order chi connectivity index (χ0) is 18.5. The van der Waals surface area contributed by atoms with Crippen LogP contribution in [-0.2, 0) is 4.74 Å². The number of ketones is 1. The molecule has 26 heavy (non-hydrogen) atoms. The van der Waals surface area contributed by atoms with E-state index in [2.05, 4.69) is 9.97 Å². The van der Waals surface area contributed by atoms with Crippen LogP contribution in [0.4, 0.5) is 0 Å². The first-order chi connectivity index (χ1) is 12.6. The molecule has 0 aliphatic rings. The SMILES string of the molecule is Cc1ccc(C(=O)[C@@H](OC(=O)c2cnccn2)c2ccccc2)cc1C. The number of rotatable bonds is 5. The molecule has 1 atom stereocenters. The van der Waals surface area contributed by atoms with E-state index >= 15 is 0 Å². The van der Waals surface area contributed by atoms with Crippen molar-refractivity contribution >= 4 is 11.8 Å². The maximum atomic E-state index is 13.1. The Morgan fingerprint density at radius 2 is 1.73 bits per heavy atom. The number of aromatic nitrogens is 2. The fourth-order valence-corrected chi connectivity index (χ4v) is 2.52. The monoisotopic (exact) mass is 346 g/mol. The molecule has 0 bridgehead atoms. The van der Waals surface area contributed by atoms with Crippen molar-refractivity contribution in [1.82, 2.24) is 9.97 Å². The van der Waals surface area contributed by atoms with Gasteiger partial charge in [-0.2, -0.15) is 0 Å². The molecule has 0 N–H and O–H groups in total. The predicted octanol–water partition coefficient (Wildman–Crippen LogP) is 3.87. The summed E-state index contributed by atoms with van der Waals surface area (Å²) in [5, 5.41) is 0. The molecule has 0 unspecified atom stereocenters. The molecule has 0 aliphatic heterocycles. The maximum absolute atomic E-state index is 13.1. The lowest BCUT2D eigenvalue weighted by Crippen LogP contribution is -2.21. The predicted molar refractivity (Wildman–Crippen MR) is 96.9 cm³/mol. The Balaban J connectivity index is 1.94. The minimum Gasteiger partial charge on any atom is -0.444 e.